The van der Waals surface area contributed by atoms with E-state index in [0.717, 1.165) is 44.0 Å². The van der Waals surface area contributed by atoms with E-state index in [-0.39, 0.29) is 11.2 Å². The zero-order chi connectivity index (χ0) is 11.2. The second-order valence-corrected chi connectivity index (χ2v) is 7.25. The molecule has 2 unspecified atom stereocenters. The molecule has 92 valence electrons. The molecule has 1 saturated carbocycles. The van der Waals surface area contributed by atoms with Crippen molar-refractivity contribution >= 4 is 11.8 Å². The third-order valence-electron chi connectivity index (χ3n) is 4.72. The number of hydrogen-bond acceptors (Lipinski definition) is 3. The van der Waals surface area contributed by atoms with Gasteiger partial charge in [0.2, 0.25) is 0 Å². The molecule has 2 nitrogen and oxygen atoms in total. The Morgan fingerprint density at radius 3 is 2.75 bits per heavy atom. The van der Waals surface area contributed by atoms with Crippen molar-refractivity contribution in [3.8, 4) is 0 Å². The van der Waals surface area contributed by atoms with Gasteiger partial charge in [-0.15, -0.1) is 0 Å². The van der Waals surface area contributed by atoms with Crippen LogP contribution in [-0.2, 0) is 4.74 Å². The van der Waals surface area contributed by atoms with Crippen LogP contribution in [0.25, 0.3) is 0 Å². The molecule has 1 N–H and O–H groups in total. The third kappa shape index (κ3) is 1.81. The Morgan fingerprint density at radius 1 is 1.31 bits per heavy atom. The number of thioether (sulfide) groups is 1. The first-order chi connectivity index (χ1) is 7.62. The van der Waals surface area contributed by atoms with E-state index in [1.807, 2.05) is 11.8 Å². The molecule has 16 heavy (non-hydrogen) atoms. The molecule has 0 aromatic carbocycles. The largest absolute Gasteiger partial charge is 0.390 e. The molecule has 2 atom stereocenters. The summed E-state index contributed by atoms with van der Waals surface area (Å²) in [6.45, 7) is 3.11. The molecule has 3 rings (SSSR count). The van der Waals surface area contributed by atoms with Gasteiger partial charge in [-0.05, 0) is 49.7 Å². The van der Waals surface area contributed by atoms with E-state index in [9.17, 15) is 5.11 Å². The highest BCUT2D eigenvalue weighted by molar-refractivity contribution is 7.99. The first kappa shape index (κ1) is 11.4. The van der Waals surface area contributed by atoms with Crippen molar-refractivity contribution in [1.82, 2.24) is 0 Å². The highest BCUT2D eigenvalue weighted by Crippen LogP contribution is 2.50. The normalized spacial score (nSPS) is 52.9. The van der Waals surface area contributed by atoms with E-state index < -0.39 is 0 Å². The van der Waals surface area contributed by atoms with E-state index in [2.05, 4.69) is 6.92 Å². The Morgan fingerprint density at radius 2 is 2.12 bits per heavy atom. The summed E-state index contributed by atoms with van der Waals surface area (Å²) in [4.78, 5) is 0. The van der Waals surface area contributed by atoms with Gasteiger partial charge in [-0.3, -0.25) is 0 Å². The summed E-state index contributed by atoms with van der Waals surface area (Å²) in [5, 5.41) is 10.6. The summed E-state index contributed by atoms with van der Waals surface area (Å²) >= 11 is 2.01. The van der Waals surface area contributed by atoms with Crippen LogP contribution in [0.3, 0.4) is 0 Å². The van der Waals surface area contributed by atoms with Crippen molar-refractivity contribution in [1.29, 1.82) is 0 Å². The van der Waals surface area contributed by atoms with Crippen LogP contribution in [-0.4, -0.2) is 34.4 Å². The summed E-state index contributed by atoms with van der Waals surface area (Å²) in [6.07, 6.45) is 5.39. The molecule has 1 spiro atoms. The first-order valence-electron chi connectivity index (χ1n) is 6.56. The fraction of sp³-hybridized carbons (Fsp3) is 1.00. The van der Waals surface area contributed by atoms with E-state index in [0.29, 0.717) is 5.92 Å². The van der Waals surface area contributed by atoms with Crippen LogP contribution in [0.2, 0.25) is 0 Å². The maximum Gasteiger partial charge on any atom is 0.0784 e. The van der Waals surface area contributed by atoms with Crippen LogP contribution in [0, 0.1) is 11.8 Å². The molecule has 1 aliphatic carbocycles. The fourth-order valence-corrected chi connectivity index (χ4v) is 5.21. The molecule has 2 heterocycles. The molecule has 0 radical (unpaired) electrons. The van der Waals surface area contributed by atoms with Crippen LogP contribution < -0.4 is 0 Å². The predicted octanol–water partition coefficient (Wildman–Crippen LogP) is 2.45. The standard InChI is InChI=1S/C13H22O2S/c1-10-6-13(14,7-10)11-2-4-15-12(8-11)3-5-16-9-12/h10-11,14H,2-9H2,1H3. The Hall–Kier alpha value is 0.270. The molecule has 0 bridgehead atoms. The minimum absolute atomic E-state index is 0.127. The Kier molecular flexibility index (Phi) is 2.76. The lowest BCUT2D eigenvalue weighted by atomic mass is 9.61. The minimum Gasteiger partial charge on any atom is -0.390 e. The molecule has 0 amide bonds. The van der Waals surface area contributed by atoms with Gasteiger partial charge in [0, 0.05) is 12.4 Å². The second-order valence-electron chi connectivity index (χ2n) is 6.14. The van der Waals surface area contributed by atoms with Crippen LogP contribution in [0.1, 0.15) is 39.0 Å². The van der Waals surface area contributed by atoms with Gasteiger partial charge in [0.15, 0.2) is 0 Å². The van der Waals surface area contributed by atoms with Crippen LogP contribution in [0.5, 0.6) is 0 Å². The summed E-state index contributed by atoms with van der Waals surface area (Å²) in [7, 11) is 0. The second kappa shape index (κ2) is 3.89. The van der Waals surface area contributed by atoms with E-state index in [1.54, 1.807) is 0 Å². The van der Waals surface area contributed by atoms with E-state index in [1.165, 1.54) is 12.2 Å². The maximum atomic E-state index is 10.6. The Balaban J connectivity index is 1.68. The molecule has 3 heteroatoms. The number of rotatable bonds is 1. The zero-order valence-corrected chi connectivity index (χ0v) is 10.9. The van der Waals surface area contributed by atoms with Crippen molar-refractivity contribution in [2.24, 2.45) is 11.8 Å². The summed E-state index contributed by atoms with van der Waals surface area (Å²) < 4.78 is 6.02. The van der Waals surface area contributed by atoms with Crippen molar-refractivity contribution in [3.63, 3.8) is 0 Å². The molecule has 0 aromatic rings. The van der Waals surface area contributed by atoms with E-state index >= 15 is 0 Å². The third-order valence-corrected chi connectivity index (χ3v) is 5.95. The Bertz CT molecular complexity index is 267. The quantitative estimate of drug-likeness (QED) is 0.766. The van der Waals surface area contributed by atoms with Gasteiger partial charge in [0.1, 0.15) is 0 Å². The average Bonchev–Trinajstić information content (AvgIpc) is 2.64. The minimum atomic E-state index is -0.344. The highest BCUT2D eigenvalue weighted by Gasteiger charge is 2.51. The first-order valence-corrected chi connectivity index (χ1v) is 7.72. The zero-order valence-electron chi connectivity index (χ0n) is 10.1. The van der Waals surface area contributed by atoms with Crippen LogP contribution in [0.15, 0.2) is 0 Å². The monoisotopic (exact) mass is 242 g/mol. The molecule has 2 aliphatic heterocycles. The van der Waals surface area contributed by atoms with Crippen molar-refractivity contribution in [2.45, 2.75) is 50.2 Å². The Labute approximate surface area is 102 Å². The van der Waals surface area contributed by atoms with Gasteiger partial charge in [0.05, 0.1) is 11.2 Å². The molecule has 3 fully saturated rings. The van der Waals surface area contributed by atoms with Crippen LogP contribution >= 0.6 is 11.8 Å². The maximum absolute atomic E-state index is 10.6. The molecule has 2 saturated heterocycles. The molecule has 3 aliphatic rings. The smallest absolute Gasteiger partial charge is 0.0784 e. The topological polar surface area (TPSA) is 29.5 Å². The van der Waals surface area contributed by atoms with Crippen molar-refractivity contribution in [2.75, 3.05) is 18.1 Å². The van der Waals surface area contributed by atoms with Gasteiger partial charge in [-0.25, -0.2) is 0 Å². The molecular formula is C13H22O2S. The highest BCUT2D eigenvalue weighted by atomic mass is 32.2. The lowest BCUT2D eigenvalue weighted by Crippen LogP contribution is -2.54. The van der Waals surface area contributed by atoms with Gasteiger partial charge < -0.3 is 9.84 Å². The number of hydrogen-bond donors (Lipinski definition) is 1. The molecular weight excluding hydrogens is 220 g/mol. The van der Waals surface area contributed by atoms with Gasteiger partial charge in [-0.1, -0.05) is 6.92 Å². The number of aliphatic hydroxyl groups is 1. The fourth-order valence-electron chi connectivity index (χ4n) is 3.83. The van der Waals surface area contributed by atoms with Gasteiger partial charge in [0.25, 0.3) is 0 Å². The number of ether oxygens (including phenoxy) is 1. The van der Waals surface area contributed by atoms with Gasteiger partial charge in [-0.2, -0.15) is 11.8 Å². The van der Waals surface area contributed by atoms with Crippen LogP contribution in [0.4, 0.5) is 0 Å². The van der Waals surface area contributed by atoms with Crippen molar-refractivity contribution in [3.05, 3.63) is 0 Å². The predicted molar refractivity (Wildman–Crippen MR) is 66.7 cm³/mol. The summed E-state index contributed by atoms with van der Waals surface area (Å²) in [6, 6.07) is 0. The molecule has 0 aromatic heterocycles. The lowest BCUT2D eigenvalue weighted by Gasteiger charge is -2.51. The average molecular weight is 242 g/mol. The van der Waals surface area contributed by atoms with E-state index in [4.69, 9.17) is 4.74 Å². The SMILES string of the molecule is CC1CC(O)(C2CCOC3(CCSC3)C2)C1. The summed E-state index contributed by atoms with van der Waals surface area (Å²) in [5.41, 5.74) is -0.217. The van der Waals surface area contributed by atoms with Crippen molar-refractivity contribution < 1.29 is 9.84 Å². The van der Waals surface area contributed by atoms with Gasteiger partial charge >= 0.3 is 0 Å². The lowest BCUT2D eigenvalue weighted by molar-refractivity contribution is -0.172. The summed E-state index contributed by atoms with van der Waals surface area (Å²) in [5.74, 6) is 3.61.